The number of methoxy groups -OCH3 is 1. The Morgan fingerprint density at radius 3 is 2.57 bits per heavy atom. The summed E-state index contributed by atoms with van der Waals surface area (Å²) in [6, 6.07) is 19.0. The number of aromatic nitrogens is 1. The van der Waals surface area contributed by atoms with Gasteiger partial charge in [0.1, 0.15) is 5.75 Å². The fraction of sp³-hybridized carbons (Fsp3) is 0.222. The Hall–Kier alpha value is -1.93. The third kappa shape index (κ3) is 2.64. The molecule has 2 nitrogen and oxygen atoms in total. The van der Waals surface area contributed by atoms with Crippen LogP contribution in [-0.2, 0) is 0 Å². The molecule has 3 heteroatoms. The summed E-state index contributed by atoms with van der Waals surface area (Å²) >= 11 is 6.03. The minimum absolute atomic E-state index is 0.244. The first kappa shape index (κ1) is 14.0. The Bertz CT molecular complexity index is 720. The Labute approximate surface area is 129 Å². The largest absolute Gasteiger partial charge is 0.496 e. The number of halogens is 1. The molecule has 0 spiro atoms. The van der Waals surface area contributed by atoms with Crippen molar-refractivity contribution in [2.24, 2.45) is 0 Å². The smallest absolute Gasteiger partial charge is 0.128 e. The lowest BCUT2D eigenvalue weighted by atomic mass is 10.0. The van der Waals surface area contributed by atoms with Crippen molar-refractivity contribution < 1.29 is 4.74 Å². The predicted molar refractivity (Wildman–Crippen MR) is 88.4 cm³/mol. The first-order chi connectivity index (χ1) is 10.3. The molecule has 0 N–H and O–H groups in total. The van der Waals surface area contributed by atoms with Gasteiger partial charge in [0.2, 0.25) is 0 Å². The number of fused-ring (bicyclic) bond motifs is 1. The summed E-state index contributed by atoms with van der Waals surface area (Å²) in [4.78, 5) is 0. The molecule has 0 saturated heterocycles. The second kappa shape index (κ2) is 6.23. The van der Waals surface area contributed by atoms with Crippen LogP contribution in [0, 0.1) is 0 Å². The summed E-state index contributed by atoms with van der Waals surface area (Å²) in [6.07, 6.45) is 3.02. The van der Waals surface area contributed by atoms with Crippen LogP contribution in [0.4, 0.5) is 0 Å². The quantitative estimate of drug-likeness (QED) is 0.613. The lowest BCUT2D eigenvalue weighted by molar-refractivity contribution is 0.420. The van der Waals surface area contributed by atoms with Gasteiger partial charge in [0.25, 0.3) is 0 Å². The first-order valence-electron chi connectivity index (χ1n) is 7.09. The number of rotatable bonds is 5. The molecular weight excluding hydrogens is 282 g/mol. The van der Waals surface area contributed by atoms with Crippen LogP contribution in [0.25, 0.3) is 10.9 Å². The number of hydrogen-bond acceptors (Lipinski definition) is 1. The summed E-state index contributed by atoms with van der Waals surface area (Å²) in [5.74, 6) is 1.53. The van der Waals surface area contributed by atoms with Gasteiger partial charge in [-0.25, -0.2) is 0 Å². The number of alkyl halides is 1. The topological polar surface area (TPSA) is 14.2 Å². The molecule has 1 heterocycles. The lowest BCUT2D eigenvalue weighted by Crippen LogP contribution is -2.10. The molecule has 0 aliphatic heterocycles. The second-order valence-corrected chi connectivity index (χ2v) is 5.40. The van der Waals surface area contributed by atoms with Gasteiger partial charge in [-0.15, -0.1) is 11.6 Å². The highest BCUT2D eigenvalue weighted by Gasteiger charge is 2.16. The van der Waals surface area contributed by atoms with Crippen molar-refractivity contribution in [2.45, 2.75) is 12.5 Å². The summed E-state index contributed by atoms with van der Waals surface area (Å²) in [5.41, 5.74) is 2.45. The Kier molecular flexibility index (Phi) is 4.16. The summed E-state index contributed by atoms with van der Waals surface area (Å²) in [5, 5.41) is 1.13. The Balaban J connectivity index is 2.12. The number of nitrogens with zero attached hydrogens (tertiary/aromatic N) is 1. The average Bonchev–Trinajstić information content (AvgIpc) is 2.97. The number of ether oxygens (including phenoxy) is 1. The molecule has 108 valence electrons. The summed E-state index contributed by atoms with van der Waals surface area (Å²) in [7, 11) is 1.71. The van der Waals surface area contributed by atoms with Gasteiger partial charge in [-0.1, -0.05) is 36.4 Å². The first-order valence-corrected chi connectivity index (χ1v) is 7.63. The van der Waals surface area contributed by atoms with Crippen LogP contribution in [0.3, 0.4) is 0 Å². The highest BCUT2D eigenvalue weighted by molar-refractivity contribution is 6.17. The van der Waals surface area contributed by atoms with Gasteiger partial charge < -0.3 is 9.30 Å². The van der Waals surface area contributed by atoms with Crippen molar-refractivity contribution in [3.63, 3.8) is 0 Å². The van der Waals surface area contributed by atoms with Gasteiger partial charge in [0.15, 0.2) is 0 Å². The molecule has 1 atom stereocenters. The lowest BCUT2D eigenvalue weighted by Gasteiger charge is -2.20. The molecule has 0 aliphatic carbocycles. The standard InChI is InChI=1S/C18H18ClNO/c1-21-18-9-5-8-17-15(18)11-13-20(17)16(10-12-19)14-6-3-2-4-7-14/h2-9,11,13,16H,10,12H2,1H3. The molecule has 3 rings (SSSR count). The highest BCUT2D eigenvalue weighted by Crippen LogP contribution is 2.32. The van der Waals surface area contributed by atoms with Crippen molar-refractivity contribution >= 4 is 22.5 Å². The molecule has 0 radical (unpaired) electrons. The zero-order valence-electron chi connectivity index (χ0n) is 12.0. The molecule has 0 fully saturated rings. The van der Waals surface area contributed by atoms with Gasteiger partial charge in [0, 0.05) is 17.5 Å². The average molecular weight is 300 g/mol. The molecule has 1 aromatic heterocycles. The molecule has 0 amide bonds. The molecule has 3 aromatic rings. The molecule has 0 aliphatic rings. The maximum atomic E-state index is 6.03. The van der Waals surface area contributed by atoms with Crippen LogP contribution >= 0.6 is 11.6 Å². The van der Waals surface area contributed by atoms with Crippen LogP contribution in [0.5, 0.6) is 5.75 Å². The van der Waals surface area contributed by atoms with E-state index in [1.165, 1.54) is 11.1 Å². The van der Waals surface area contributed by atoms with E-state index < -0.39 is 0 Å². The van der Waals surface area contributed by atoms with Crippen molar-refractivity contribution in [3.8, 4) is 5.75 Å². The molecule has 0 saturated carbocycles. The minimum atomic E-state index is 0.244. The van der Waals surface area contributed by atoms with E-state index in [9.17, 15) is 0 Å². The van der Waals surface area contributed by atoms with Gasteiger partial charge in [-0.3, -0.25) is 0 Å². The highest BCUT2D eigenvalue weighted by atomic mass is 35.5. The molecule has 2 aromatic carbocycles. The SMILES string of the molecule is COc1cccc2c1ccn2C(CCCl)c1ccccc1. The van der Waals surface area contributed by atoms with Crippen LogP contribution in [0.2, 0.25) is 0 Å². The third-order valence-electron chi connectivity index (χ3n) is 3.85. The second-order valence-electron chi connectivity index (χ2n) is 5.02. The van der Waals surface area contributed by atoms with Gasteiger partial charge >= 0.3 is 0 Å². The van der Waals surface area contributed by atoms with Crippen LogP contribution in [0.1, 0.15) is 18.0 Å². The normalized spacial score (nSPS) is 12.5. The van der Waals surface area contributed by atoms with Crippen molar-refractivity contribution in [2.75, 3.05) is 13.0 Å². The molecular formula is C18H18ClNO. The third-order valence-corrected chi connectivity index (χ3v) is 4.06. The monoisotopic (exact) mass is 299 g/mol. The van der Waals surface area contributed by atoms with E-state index in [2.05, 4.69) is 47.2 Å². The van der Waals surface area contributed by atoms with Gasteiger partial charge in [-0.2, -0.15) is 0 Å². The van der Waals surface area contributed by atoms with Crippen molar-refractivity contribution in [1.82, 2.24) is 4.57 Å². The van der Waals surface area contributed by atoms with Crippen LogP contribution in [0.15, 0.2) is 60.8 Å². The van der Waals surface area contributed by atoms with E-state index in [0.29, 0.717) is 5.88 Å². The fourth-order valence-corrected chi connectivity index (χ4v) is 3.06. The van der Waals surface area contributed by atoms with E-state index in [1.54, 1.807) is 7.11 Å². The van der Waals surface area contributed by atoms with Crippen molar-refractivity contribution in [1.29, 1.82) is 0 Å². The Morgan fingerprint density at radius 1 is 1.05 bits per heavy atom. The zero-order valence-corrected chi connectivity index (χ0v) is 12.8. The van der Waals surface area contributed by atoms with E-state index >= 15 is 0 Å². The molecule has 1 unspecified atom stereocenters. The summed E-state index contributed by atoms with van der Waals surface area (Å²) in [6.45, 7) is 0. The van der Waals surface area contributed by atoms with Crippen LogP contribution < -0.4 is 4.74 Å². The van der Waals surface area contributed by atoms with E-state index in [4.69, 9.17) is 16.3 Å². The predicted octanol–water partition coefficient (Wildman–Crippen LogP) is 4.87. The van der Waals surface area contributed by atoms with E-state index in [0.717, 1.165) is 17.6 Å². The number of benzene rings is 2. The van der Waals surface area contributed by atoms with Gasteiger partial charge in [-0.05, 0) is 30.2 Å². The van der Waals surface area contributed by atoms with E-state index in [-0.39, 0.29) is 6.04 Å². The van der Waals surface area contributed by atoms with Crippen LogP contribution in [-0.4, -0.2) is 17.6 Å². The van der Waals surface area contributed by atoms with E-state index in [1.807, 2.05) is 18.2 Å². The number of hydrogen-bond donors (Lipinski definition) is 0. The maximum absolute atomic E-state index is 6.03. The minimum Gasteiger partial charge on any atom is -0.496 e. The Morgan fingerprint density at radius 2 is 1.86 bits per heavy atom. The van der Waals surface area contributed by atoms with Gasteiger partial charge in [0.05, 0.1) is 18.7 Å². The zero-order chi connectivity index (χ0) is 14.7. The fourth-order valence-electron chi connectivity index (χ4n) is 2.85. The summed E-state index contributed by atoms with van der Waals surface area (Å²) < 4.78 is 7.73. The maximum Gasteiger partial charge on any atom is 0.128 e. The molecule has 0 bridgehead atoms. The molecule has 21 heavy (non-hydrogen) atoms. The van der Waals surface area contributed by atoms with Crippen molar-refractivity contribution in [3.05, 3.63) is 66.4 Å².